The van der Waals surface area contributed by atoms with Gasteiger partial charge in [0.15, 0.2) is 17.7 Å². The van der Waals surface area contributed by atoms with E-state index < -0.39 is 31.1 Å². The van der Waals surface area contributed by atoms with Crippen molar-refractivity contribution in [3.63, 3.8) is 0 Å². The summed E-state index contributed by atoms with van der Waals surface area (Å²) in [4.78, 5) is 13.1. The number of benzene rings is 1. The Hall–Kier alpha value is -2.79. The molecule has 1 aromatic carbocycles. The number of aryl methyl sites for hydroxylation is 1. The van der Waals surface area contributed by atoms with Crippen molar-refractivity contribution in [2.24, 2.45) is 0 Å². The first-order valence-corrected chi connectivity index (χ1v) is 10.0. The van der Waals surface area contributed by atoms with Crippen molar-refractivity contribution in [2.45, 2.75) is 49.8 Å². The lowest BCUT2D eigenvalue weighted by molar-refractivity contribution is -0.0511. The molecule has 0 amide bonds. The fraction of sp³-hybridized carbons (Fsp3) is 0.450. The maximum Gasteiger partial charge on any atom is 0.227 e. The van der Waals surface area contributed by atoms with Crippen molar-refractivity contribution in [3.05, 3.63) is 41.7 Å². The number of rotatable bonds is 4. The minimum Gasteiger partial charge on any atom is -0.394 e. The minimum absolute atomic E-state index is 0.169. The third-order valence-electron chi connectivity index (χ3n) is 5.92. The number of aliphatic hydroxyl groups is 3. The third kappa shape index (κ3) is 3.18. The van der Waals surface area contributed by atoms with Gasteiger partial charge >= 0.3 is 0 Å². The third-order valence-corrected chi connectivity index (χ3v) is 5.92. The van der Waals surface area contributed by atoms with Crippen LogP contribution < -0.4 is 11.1 Å². The van der Waals surface area contributed by atoms with Crippen LogP contribution in [0.25, 0.3) is 11.2 Å². The van der Waals surface area contributed by atoms with Crippen LogP contribution in [0.2, 0.25) is 0 Å². The van der Waals surface area contributed by atoms with Crippen molar-refractivity contribution < 1.29 is 20.1 Å². The van der Waals surface area contributed by atoms with E-state index in [-0.39, 0.29) is 11.9 Å². The van der Waals surface area contributed by atoms with E-state index in [0.29, 0.717) is 17.1 Å². The highest BCUT2D eigenvalue weighted by atomic mass is 16.6. The Morgan fingerprint density at radius 2 is 1.97 bits per heavy atom. The summed E-state index contributed by atoms with van der Waals surface area (Å²) in [6.07, 6.45) is -0.0355. The lowest BCUT2D eigenvalue weighted by Gasteiger charge is -2.25. The highest BCUT2D eigenvalue weighted by Crippen LogP contribution is 2.32. The van der Waals surface area contributed by atoms with Gasteiger partial charge in [0.1, 0.15) is 23.8 Å². The van der Waals surface area contributed by atoms with Crippen LogP contribution in [0.5, 0.6) is 0 Å². The molecule has 3 heterocycles. The number of nitrogens with one attached hydrogen (secondary N) is 1. The maximum atomic E-state index is 10.4. The van der Waals surface area contributed by atoms with Gasteiger partial charge in [-0.15, -0.1) is 0 Å². The molecule has 1 aliphatic heterocycles. The number of imidazole rings is 1. The summed E-state index contributed by atoms with van der Waals surface area (Å²) < 4.78 is 7.12. The number of aliphatic hydroxyl groups excluding tert-OH is 3. The molecular weight excluding hydrogens is 388 g/mol. The van der Waals surface area contributed by atoms with Crippen LogP contribution in [0.3, 0.4) is 0 Å². The first kappa shape index (κ1) is 19.2. The Bertz CT molecular complexity index is 1070. The summed E-state index contributed by atoms with van der Waals surface area (Å²) in [6, 6.07) is 8.57. The largest absolute Gasteiger partial charge is 0.394 e. The van der Waals surface area contributed by atoms with E-state index in [9.17, 15) is 15.3 Å². The van der Waals surface area contributed by atoms with Gasteiger partial charge in [-0.25, -0.2) is 4.98 Å². The van der Waals surface area contributed by atoms with Crippen LogP contribution in [-0.4, -0.2) is 65.8 Å². The van der Waals surface area contributed by atoms with Gasteiger partial charge in [0.2, 0.25) is 5.95 Å². The molecule has 3 unspecified atom stereocenters. The maximum absolute atomic E-state index is 10.4. The number of nitrogens with zero attached hydrogens (tertiary/aromatic N) is 4. The molecule has 0 bridgehead atoms. The van der Waals surface area contributed by atoms with Crippen LogP contribution in [0.1, 0.15) is 23.8 Å². The molecule has 1 fully saturated rings. The molecule has 3 aromatic rings. The zero-order valence-electron chi connectivity index (χ0n) is 16.2. The van der Waals surface area contributed by atoms with Crippen molar-refractivity contribution in [1.82, 2.24) is 19.5 Å². The van der Waals surface area contributed by atoms with Crippen LogP contribution in [0.15, 0.2) is 30.6 Å². The average Bonchev–Trinajstić information content (AvgIpc) is 3.29. The molecule has 5 rings (SSSR count). The van der Waals surface area contributed by atoms with Gasteiger partial charge in [-0.1, -0.05) is 24.3 Å². The van der Waals surface area contributed by atoms with E-state index in [4.69, 9.17) is 10.5 Å². The van der Waals surface area contributed by atoms with E-state index in [1.54, 1.807) is 0 Å². The molecule has 30 heavy (non-hydrogen) atoms. The molecule has 158 valence electrons. The fourth-order valence-corrected chi connectivity index (χ4v) is 4.30. The smallest absolute Gasteiger partial charge is 0.227 e. The molecule has 2 aliphatic rings. The summed E-state index contributed by atoms with van der Waals surface area (Å²) >= 11 is 0. The Labute approximate surface area is 172 Å². The second-order valence-electron chi connectivity index (χ2n) is 7.84. The standard InChI is InChI=1S/C20H24N6O4/c21-17-14-18(26(9-22-14)19-16(29)15(28)13(8-27)30-19)25-20(24-17)23-12-6-5-10-3-1-2-4-11(10)7-12/h1-4,9,12-13,15-16,19,27-29H,5-8H2,(H3,21,23,24,25)/t12?,13-,15?,16?,19-/m1/s1. The van der Waals surface area contributed by atoms with Gasteiger partial charge in [0.05, 0.1) is 12.9 Å². The molecule has 6 N–H and O–H groups in total. The van der Waals surface area contributed by atoms with Crippen LogP contribution >= 0.6 is 0 Å². The average molecular weight is 412 g/mol. The van der Waals surface area contributed by atoms with Gasteiger partial charge in [-0.2, -0.15) is 9.97 Å². The molecular formula is C20H24N6O4. The van der Waals surface area contributed by atoms with E-state index in [0.717, 1.165) is 19.3 Å². The monoisotopic (exact) mass is 412 g/mol. The van der Waals surface area contributed by atoms with E-state index in [2.05, 4.69) is 38.5 Å². The second-order valence-corrected chi connectivity index (χ2v) is 7.84. The zero-order valence-corrected chi connectivity index (χ0v) is 16.2. The number of aromatic nitrogens is 4. The normalized spacial score (nSPS) is 28.6. The summed E-state index contributed by atoms with van der Waals surface area (Å²) in [5.74, 6) is 0.585. The number of ether oxygens (including phenoxy) is 1. The second kappa shape index (κ2) is 7.47. The van der Waals surface area contributed by atoms with Crippen molar-refractivity contribution in [1.29, 1.82) is 0 Å². The van der Waals surface area contributed by atoms with Gasteiger partial charge in [0, 0.05) is 6.04 Å². The summed E-state index contributed by atoms with van der Waals surface area (Å²) in [5, 5.41) is 33.1. The topological polar surface area (TPSA) is 152 Å². The Morgan fingerprint density at radius 3 is 2.73 bits per heavy atom. The molecule has 1 aliphatic carbocycles. The lowest BCUT2D eigenvalue weighted by atomic mass is 9.88. The van der Waals surface area contributed by atoms with E-state index >= 15 is 0 Å². The van der Waals surface area contributed by atoms with Crippen molar-refractivity contribution >= 4 is 22.9 Å². The van der Waals surface area contributed by atoms with Crippen LogP contribution in [0, 0.1) is 0 Å². The Morgan fingerprint density at radius 1 is 1.17 bits per heavy atom. The predicted octanol–water partition coefficient (Wildman–Crippen LogP) is -0.0106. The van der Waals surface area contributed by atoms with E-state index in [1.807, 2.05) is 6.07 Å². The van der Waals surface area contributed by atoms with Crippen molar-refractivity contribution in [2.75, 3.05) is 17.7 Å². The Balaban J connectivity index is 1.43. The minimum atomic E-state index is -1.23. The summed E-state index contributed by atoms with van der Waals surface area (Å²) in [5.41, 5.74) is 9.55. The van der Waals surface area contributed by atoms with Gasteiger partial charge in [-0.3, -0.25) is 4.57 Å². The summed E-state index contributed by atoms with van der Waals surface area (Å²) in [6.45, 7) is -0.408. The van der Waals surface area contributed by atoms with E-state index in [1.165, 1.54) is 22.0 Å². The number of anilines is 2. The molecule has 0 spiro atoms. The molecule has 10 heteroatoms. The first-order chi connectivity index (χ1) is 14.5. The Kier molecular flexibility index (Phi) is 4.78. The quantitative estimate of drug-likeness (QED) is 0.398. The number of fused-ring (bicyclic) bond motifs is 2. The zero-order chi connectivity index (χ0) is 20.8. The lowest BCUT2D eigenvalue weighted by Crippen LogP contribution is -2.33. The number of nitrogens with two attached hydrogens (primary N) is 1. The highest BCUT2D eigenvalue weighted by molar-refractivity contribution is 5.83. The molecule has 5 atom stereocenters. The SMILES string of the molecule is Nc1nc(NC2CCc3ccccc3C2)nc2c1ncn2[C@@H]1O[C@H](CO)C(O)C1O. The van der Waals surface area contributed by atoms with Gasteiger partial charge in [0.25, 0.3) is 0 Å². The molecule has 10 nitrogen and oxygen atoms in total. The summed E-state index contributed by atoms with van der Waals surface area (Å²) in [7, 11) is 0. The predicted molar refractivity (Wildman–Crippen MR) is 109 cm³/mol. The van der Waals surface area contributed by atoms with Crippen LogP contribution in [0.4, 0.5) is 11.8 Å². The number of hydrogen-bond acceptors (Lipinski definition) is 9. The number of hydrogen-bond donors (Lipinski definition) is 5. The highest BCUT2D eigenvalue weighted by Gasteiger charge is 2.44. The molecule has 0 saturated carbocycles. The van der Waals surface area contributed by atoms with Gasteiger partial charge in [-0.05, 0) is 30.4 Å². The fourth-order valence-electron chi connectivity index (χ4n) is 4.30. The number of nitrogen functional groups attached to an aromatic ring is 1. The van der Waals surface area contributed by atoms with Crippen molar-refractivity contribution in [3.8, 4) is 0 Å². The first-order valence-electron chi connectivity index (χ1n) is 10.0. The molecule has 2 aromatic heterocycles. The van der Waals surface area contributed by atoms with Crippen LogP contribution in [-0.2, 0) is 17.6 Å². The van der Waals surface area contributed by atoms with Gasteiger partial charge < -0.3 is 31.1 Å². The molecule has 0 radical (unpaired) electrons. The molecule has 1 saturated heterocycles.